The zero-order valence-electron chi connectivity index (χ0n) is 25.8. The number of anilines is 1. The van der Waals surface area contributed by atoms with Crippen LogP contribution in [0.3, 0.4) is 0 Å². The summed E-state index contributed by atoms with van der Waals surface area (Å²) in [6, 6.07) is 6.07. The number of fused-ring (bicyclic) bond motifs is 5. The van der Waals surface area contributed by atoms with E-state index in [1.165, 1.54) is 36.9 Å². The number of rotatable bonds is 5. The number of nitrogens with zero attached hydrogens (tertiary/aromatic N) is 5. The van der Waals surface area contributed by atoms with Crippen LogP contribution in [0.4, 0.5) is 14.6 Å². The molecule has 2 N–H and O–H groups in total. The van der Waals surface area contributed by atoms with Crippen molar-refractivity contribution in [3.8, 4) is 35.4 Å². The fraction of sp³-hybridized carbons (Fsp3) is 0.472. The number of aromatic nitrogens is 3. The Balaban J connectivity index is 1.27. The van der Waals surface area contributed by atoms with Crippen LogP contribution in [-0.2, 0) is 0 Å². The molecule has 2 bridgehead atoms. The van der Waals surface area contributed by atoms with Gasteiger partial charge in [0.25, 0.3) is 0 Å². The van der Waals surface area contributed by atoms with E-state index >= 15 is 4.39 Å². The molecule has 4 fully saturated rings. The van der Waals surface area contributed by atoms with Gasteiger partial charge in [-0.1, -0.05) is 24.8 Å². The summed E-state index contributed by atoms with van der Waals surface area (Å²) in [5.41, 5.74) is 0.0502. The van der Waals surface area contributed by atoms with E-state index in [2.05, 4.69) is 32.7 Å². The number of ether oxygens (including phenoxy) is 1. The second-order valence-corrected chi connectivity index (χ2v) is 13.9. The maximum atomic E-state index is 16.9. The lowest BCUT2D eigenvalue weighted by Crippen LogP contribution is -2.44. The SMILES string of the molecule is C#Cc1c(F)ccc2cc(O)cc(-c3ncc4c(N5CC6CC(O)C(C6)C5)nc(OCC56CCCCC5N(C)CC6)nc4c3F)c12. The quantitative estimate of drug-likeness (QED) is 0.275. The van der Waals surface area contributed by atoms with Crippen LogP contribution in [0.2, 0.25) is 0 Å². The minimum Gasteiger partial charge on any atom is -0.508 e. The standard InChI is InChI=1S/C36H37F2N5O3/c1-3-24-27(37)8-7-21-14-23(44)15-25(30(21)24)32-31(38)33-26(16-39-32)34(43-17-20-12-22(18-43)28(45)13-20)41-35(40-33)46-19-36-9-5-4-6-29(36)42(2)11-10-36/h1,7-8,14-16,20,22,28-29,44-45H,4-6,9-13,17-19H2,2H3. The first-order valence-electron chi connectivity index (χ1n) is 16.3. The Bertz CT molecular complexity index is 1910. The van der Waals surface area contributed by atoms with Gasteiger partial charge in [0.2, 0.25) is 0 Å². The largest absolute Gasteiger partial charge is 0.508 e. The Kier molecular flexibility index (Phi) is 7.03. The smallest absolute Gasteiger partial charge is 0.319 e. The first-order valence-corrected chi connectivity index (χ1v) is 16.3. The van der Waals surface area contributed by atoms with Crippen molar-refractivity contribution in [3.05, 3.63) is 47.7 Å². The highest BCUT2D eigenvalue weighted by molar-refractivity contribution is 6.03. The maximum absolute atomic E-state index is 16.9. The van der Waals surface area contributed by atoms with E-state index in [1.54, 1.807) is 0 Å². The number of aliphatic hydroxyl groups excluding tert-OH is 1. The van der Waals surface area contributed by atoms with Crippen LogP contribution < -0.4 is 9.64 Å². The zero-order valence-corrected chi connectivity index (χ0v) is 25.8. The lowest BCUT2D eigenvalue weighted by Gasteiger charge is -2.40. The normalized spacial score (nSPS) is 27.7. The highest BCUT2D eigenvalue weighted by atomic mass is 19.1. The Morgan fingerprint density at radius 3 is 2.83 bits per heavy atom. The molecule has 10 heteroatoms. The summed E-state index contributed by atoms with van der Waals surface area (Å²) >= 11 is 0. The van der Waals surface area contributed by atoms with Crippen molar-refractivity contribution in [2.45, 2.75) is 57.1 Å². The molecule has 5 atom stereocenters. The molecule has 0 radical (unpaired) electrons. The number of benzene rings is 2. The van der Waals surface area contributed by atoms with Crippen molar-refractivity contribution < 1.29 is 23.7 Å². The molecule has 4 aliphatic rings. The van der Waals surface area contributed by atoms with E-state index in [1.807, 2.05) is 0 Å². The van der Waals surface area contributed by atoms with Crippen LogP contribution >= 0.6 is 0 Å². The highest BCUT2D eigenvalue weighted by Crippen LogP contribution is 2.47. The van der Waals surface area contributed by atoms with Crippen LogP contribution in [0.5, 0.6) is 11.8 Å². The van der Waals surface area contributed by atoms with Crippen molar-refractivity contribution in [2.24, 2.45) is 17.3 Å². The Labute approximate surface area is 266 Å². The average molecular weight is 626 g/mol. The number of aromatic hydroxyl groups is 1. The average Bonchev–Trinajstić information content (AvgIpc) is 3.53. The molecule has 0 spiro atoms. The van der Waals surface area contributed by atoms with Gasteiger partial charge in [-0.15, -0.1) is 6.42 Å². The number of hydrogen-bond acceptors (Lipinski definition) is 8. The van der Waals surface area contributed by atoms with Gasteiger partial charge < -0.3 is 24.7 Å². The van der Waals surface area contributed by atoms with Crippen molar-refractivity contribution in [2.75, 3.05) is 38.2 Å². The molecular weight excluding hydrogens is 588 g/mol. The van der Waals surface area contributed by atoms with Gasteiger partial charge in [-0.25, -0.2) is 8.78 Å². The Morgan fingerprint density at radius 1 is 1.13 bits per heavy atom. The van der Waals surface area contributed by atoms with Crippen molar-refractivity contribution in [1.82, 2.24) is 19.9 Å². The molecule has 46 heavy (non-hydrogen) atoms. The predicted molar refractivity (Wildman–Crippen MR) is 172 cm³/mol. The molecule has 0 amide bonds. The maximum Gasteiger partial charge on any atom is 0.319 e. The van der Waals surface area contributed by atoms with E-state index in [0.29, 0.717) is 48.2 Å². The van der Waals surface area contributed by atoms with E-state index < -0.39 is 11.6 Å². The molecule has 8 rings (SSSR count). The zero-order chi connectivity index (χ0) is 31.7. The molecular formula is C36H37F2N5O3. The lowest BCUT2D eigenvalue weighted by molar-refractivity contribution is 0.0550. The molecule has 4 aromatic rings. The summed E-state index contributed by atoms with van der Waals surface area (Å²) in [5, 5.41) is 22.4. The van der Waals surface area contributed by atoms with Crippen molar-refractivity contribution >= 4 is 27.5 Å². The molecule has 2 aliphatic carbocycles. The first kappa shape index (κ1) is 29.3. The van der Waals surface area contributed by atoms with Crippen molar-refractivity contribution in [1.29, 1.82) is 0 Å². The number of phenols is 1. The summed E-state index contributed by atoms with van der Waals surface area (Å²) in [6.07, 6.45) is 14.1. The summed E-state index contributed by atoms with van der Waals surface area (Å²) in [5.74, 6) is 1.85. The molecule has 2 aromatic carbocycles. The number of phenolic OH excluding ortho intramolecular Hbond substituents is 1. The van der Waals surface area contributed by atoms with Crippen LogP contribution in [0.25, 0.3) is 32.9 Å². The van der Waals surface area contributed by atoms with Gasteiger partial charge in [0.15, 0.2) is 5.82 Å². The second kappa shape index (κ2) is 11.0. The molecule has 2 aromatic heterocycles. The van der Waals surface area contributed by atoms with Gasteiger partial charge in [-0.3, -0.25) is 4.98 Å². The third-order valence-corrected chi connectivity index (χ3v) is 11.2. The van der Waals surface area contributed by atoms with Gasteiger partial charge in [0, 0.05) is 47.6 Å². The fourth-order valence-electron chi connectivity index (χ4n) is 8.94. The topological polar surface area (TPSA) is 94.8 Å². The van der Waals surface area contributed by atoms with E-state index in [4.69, 9.17) is 16.1 Å². The second-order valence-electron chi connectivity index (χ2n) is 13.9. The minimum absolute atomic E-state index is 0.00203. The molecule has 238 valence electrons. The third kappa shape index (κ3) is 4.66. The summed E-state index contributed by atoms with van der Waals surface area (Å²) in [6.45, 7) is 2.73. The van der Waals surface area contributed by atoms with Crippen LogP contribution in [0.15, 0.2) is 30.5 Å². The summed E-state index contributed by atoms with van der Waals surface area (Å²) in [4.78, 5) is 18.6. The lowest BCUT2D eigenvalue weighted by atomic mass is 9.71. The summed E-state index contributed by atoms with van der Waals surface area (Å²) in [7, 11) is 2.17. The molecule has 5 unspecified atom stereocenters. The van der Waals surface area contributed by atoms with E-state index in [9.17, 15) is 14.6 Å². The molecule has 2 saturated heterocycles. The molecule has 8 nitrogen and oxygen atoms in total. The van der Waals surface area contributed by atoms with E-state index in [-0.39, 0.29) is 56.9 Å². The third-order valence-electron chi connectivity index (χ3n) is 11.2. The van der Waals surface area contributed by atoms with Gasteiger partial charge in [-0.2, -0.15) is 9.97 Å². The first-order chi connectivity index (χ1) is 22.2. The monoisotopic (exact) mass is 625 g/mol. The highest BCUT2D eigenvalue weighted by Gasteiger charge is 2.48. The number of halogens is 2. The van der Waals surface area contributed by atoms with Gasteiger partial charge in [-0.05, 0) is 75.2 Å². The number of piperidine rings is 1. The van der Waals surface area contributed by atoms with Crippen LogP contribution in [0.1, 0.15) is 50.5 Å². The molecule has 2 saturated carbocycles. The Morgan fingerprint density at radius 2 is 2.00 bits per heavy atom. The van der Waals surface area contributed by atoms with Gasteiger partial charge >= 0.3 is 6.01 Å². The number of terminal acetylenes is 1. The summed E-state index contributed by atoms with van der Waals surface area (Å²) < 4.78 is 38.2. The predicted octanol–water partition coefficient (Wildman–Crippen LogP) is 5.66. The van der Waals surface area contributed by atoms with Gasteiger partial charge in [0.05, 0.1) is 23.7 Å². The molecule has 4 heterocycles. The minimum atomic E-state index is -0.737. The number of aliphatic hydroxyl groups is 1. The number of likely N-dealkylation sites (tertiary alicyclic amines) is 1. The van der Waals surface area contributed by atoms with Crippen LogP contribution in [0, 0.1) is 41.2 Å². The fourth-order valence-corrected chi connectivity index (χ4v) is 8.94. The number of pyridine rings is 1. The number of hydrogen-bond donors (Lipinski definition) is 2. The Hall–Kier alpha value is -4.07. The van der Waals surface area contributed by atoms with Gasteiger partial charge in [0.1, 0.15) is 28.6 Å². The van der Waals surface area contributed by atoms with E-state index in [0.717, 1.165) is 45.1 Å². The van der Waals surface area contributed by atoms with Crippen molar-refractivity contribution in [3.63, 3.8) is 0 Å². The van der Waals surface area contributed by atoms with Crippen LogP contribution in [-0.4, -0.2) is 75.5 Å². The molecule has 2 aliphatic heterocycles.